The van der Waals surface area contributed by atoms with E-state index in [-0.39, 0.29) is 17.6 Å². The minimum Gasteiger partial charge on any atom is -0.353 e. The monoisotopic (exact) mass is 505 g/mol. The first kappa shape index (κ1) is 23.6. The number of benzene rings is 1. The molecule has 9 nitrogen and oxygen atoms in total. The number of hydrogen-bond donors (Lipinski definition) is 2. The number of halogens is 1. The summed E-state index contributed by atoms with van der Waals surface area (Å²) in [7, 11) is 0. The highest BCUT2D eigenvalue weighted by Crippen LogP contribution is 2.30. The van der Waals surface area contributed by atoms with Gasteiger partial charge in [0, 0.05) is 31.9 Å². The predicted molar refractivity (Wildman–Crippen MR) is 136 cm³/mol. The SMILES string of the molecule is C=CC(=O)N1CCC[C@@H]1C(=O)NCCn1cnc2cnc(Nc3ncc(-c4ccc(F)cc4)s3)cc21. The van der Waals surface area contributed by atoms with E-state index in [1.807, 2.05) is 10.6 Å². The van der Waals surface area contributed by atoms with Gasteiger partial charge in [0.25, 0.3) is 0 Å². The zero-order valence-electron chi connectivity index (χ0n) is 19.4. The van der Waals surface area contributed by atoms with Crippen LogP contribution < -0.4 is 10.6 Å². The first-order valence-corrected chi connectivity index (χ1v) is 12.3. The van der Waals surface area contributed by atoms with Crippen molar-refractivity contribution in [1.82, 2.24) is 29.7 Å². The number of likely N-dealkylation sites (tertiary alicyclic amines) is 1. The average molecular weight is 506 g/mol. The first-order valence-electron chi connectivity index (χ1n) is 11.5. The van der Waals surface area contributed by atoms with Crippen LogP contribution in [0.25, 0.3) is 21.5 Å². The van der Waals surface area contributed by atoms with Crippen LogP contribution in [0.4, 0.5) is 15.3 Å². The summed E-state index contributed by atoms with van der Waals surface area (Å²) >= 11 is 1.44. The van der Waals surface area contributed by atoms with Crippen molar-refractivity contribution in [2.75, 3.05) is 18.4 Å². The van der Waals surface area contributed by atoms with Gasteiger partial charge in [0.15, 0.2) is 5.13 Å². The summed E-state index contributed by atoms with van der Waals surface area (Å²) in [5.74, 6) is -0.0425. The quantitative estimate of drug-likeness (QED) is 0.354. The summed E-state index contributed by atoms with van der Waals surface area (Å²) < 4.78 is 15.1. The number of carbonyl (C=O) groups is 2. The van der Waals surface area contributed by atoms with Crippen LogP contribution in [0.5, 0.6) is 0 Å². The number of fused-ring (bicyclic) bond motifs is 1. The van der Waals surface area contributed by atoms with Crippen molar-refractivity contribution in [3.8, 4) is 10.4 Å². The number of rotatable bonds is 8. The van der Waals surface area contributed by atoms with Crippen molar-refractivity contribution in [3.05, 3.63) is 67.5 Å². The van der Waals surface area contributed by atoms with E-state index in [0.717, 1.165) is 27.9 Å². The Bertz CT molecular complexity index is 1420. The van der Waals surface area contributed by atoms with Gasteiger partial charge in [-0.1, -0.05) is 30.0 Å². The molecule has 0 bridgehead atoms. The Morgan fingerprint density at radius 2 is 2.03 bits per heavy atom. The van der Waals surface area contributed by atoms with Gasteiger partial charge in [-0.15, -0.1) is 0 Å². The maximum Gasteiger partial charge on any atom is 0.246 e. The summed E-state index contributed by atoms with van der Waals surface area (Å²) in [5, 5.41) is 6.81. The standard InChI is InChI=1S/C25H24FN7O2S/c1-2-23(34)33-10-3-4-19(33)24(35)27-9-11-32-15-30-18-13-28-22(12-20(18)32)31-25-29-14-21(36-25)16-5-7-17(26)8-6-16/h2,5-8,12-15,19H,1,3-4,9-11H2,(H,27,35)(H,28,29,31)/t19-/m1/s1. The molecule has 0 aliphatic carbocycles. The number of pyridine rings is 1. The molecule has 0 saturated carbocycles. The lowest BCUT2D eigenvalue weighted by Crippen LogP contribution is -2.46. The Labute approximate surface area is 210 Å². The highest BCUT2D eigenvalue weighted by Gasteiger charge is 2.32. The van der Waals surface area contributed by atoms with Gasteiger partial charge in [-0.25, -0.2) is 19.3 Å². The normalized spacial score (nSPS) is 15.2. The minimum atomic E-state index is -0.451. The van der Waals surface area contributed by atoms with E-state index >= 15 is 0 Å². The molecule has 0 unspecified atom stereocenters. The Balaban J connectivity index is 1.23. The van der Waals surface area contributed by atoms with Crippen molar-refractivity contribution < 1.29 is 14.0 Å². The van der Waals surface area contributed by atoms with Gasteiger partial charge in [0.2, 0.25) is 11.8 Å². The fourth-order valence-corrected chi connectivity index (χ4v) is 5.06. The van der Waals surface area contributed by atoms with Crippen molar-refractivity contribution >= 4 is 45.1 Å². The second kappa shape index (κ2) is 10.2. The van der Waals surface area contributed by atoms with Crippen molar-refractivity contribution in [2.45, 2.75) is 25.4 Å². The molecule has 5 rings (SSSR count). The van der Waals surface area contributed by atoms with Crippen LogP contribution in [0.3, 0.4) is 0 Å². The molecule has 0 spiro atoms. The molecule has 2 N–H and O–H groups in total. The Hall–Kier alpha value is -4.12. The first-order chi connectivity index (χ1) is 17.5. The maximum atomic E-state index is 13.2. The van der Waals surface area contributed by atoms with Crippen LogP contribution in [0, 0.1) is 5.82 Å². The van der Waals surface area contributed by atoms with Gasteiger partial charge in [0.1, 0.15) is 23.2 Å². The van der Waals surface area contributed by atoms with Gasteiger partial charge in [-0.05, 0) is 36.6 Å². The lowest BCUT2D eigenvalue weighted by atomic mass is 10.2. The van der Waals surface area contributed by atoms with Gasteiger partial charge < -0.3 is 20.1 Å². The number of carbonyl (C=O) groups excluding carboxylic acids is 2. The highest BCUT2D eigenvalue weighted by molar-refractivity contribution is 7.18. The van der Waals surface area contributed by atoms with E-state index < -0.39 is 6.04 Å². The third kappa shape index (κ3) is 4.96. The molecular formula is C25H24FN7O2S. The second-order valence-electron chi connectivity index (χ2n) is 8.34. The Kier molecular flexibility index (Phi) is 6.72. The zero-order valence-corrected chi connectivity index (χ0v) is 20.2. The molecular weight excluding hydrogens is 481 g/mol. The maximum absolute atomic E-state index is 13.2. The molecule has 11 heteroatoms. The van der Waals surface area contributed by atoms with Crippen LogP contribution in [-0.2, 0) is 16.1 Å². The van der Waals surface area contributed by atoms with Crippen LogP contribution in [0.2, 0.25) is 0 Å². The van der Waals surface area contributed by atoms with Crippen LogP contribution in [0.1, 0.15) is 12.8 Å². The van der Waals surface area contributed by atoms with Gasteiger partial charge >= 0.3 is 0 Å². The summed E-state index contributed by atoms with van der Waals surface area (Å²) in [5.41, 5.74) is 2.48. The van der Waals surface area contributed by atoms with E-state index in [2.05, 4.69) is 32.2 Å². The molecule has 4 aromatic rings. The number of aromatic nitrogens is 4. The average Bonchev–Trinajstić information content (AvgIpc) is 3.64. The molecule has 1 atom stereocenters. The minimum absolute atomic E-state index is 0.156. The fourth-order valence-electron chi connectivity index (χ4n) is 4.23. The Morgan fingerprint density at radius 3 is 2.83 bits per heavy atom. The van der Waals surface area contributed by atoms with Crippen LogP contribution in [0.15, 0.2) is 61.7 Å². The Morgan fingerprint density at radius 1 is 1.19 bits per heavy atom. The number of thiazole rings is 1. The largest absolute Gasteiger partial charge is 0.353 e. The second-order valence-corrected chi connectivity index (χ2v) is 9.37. The van der Waals surface area contributed by atoms with E-state index in [9.17, 15) is 14.0 Å². The summed E-state index contributed by atoms with van der Waals surface area (Å²) in [4.78, 5) is 40.3. The molecule has 1 saturated heterocycles. The lowest BCUT2D eigenvalue weighted by Gasteiger charge is -2.22. The summed E-state index contributed by atoms with van der Waals surface area (Å²) in [6.45, 7) is 5.00. The molecule has 184 valence electrons. The predicted octanol–water partition coefficient (Wildman–Crippen LogP) is 3.73. The third-order valence-corrected chi connectivity index (χ3v) is 7.00. The summed E-state index contributed by atoms with van der Waals surface area (Å²) in [6.07, 6.45) is 7.83. The lowest BCUT2D eigenvalue weighted by molar-refractivity contribution is -0.135. The molecule has 0 radical (unpaired) electrons. The molecule has 3 aromatic heterocycles. The highest BCUT2D eigenvalue weighted by atomic mass is 32.1. The van der Waals surface area contributed by atoms with Crippen molar-refractivity contribution in [3.63, 3.8) is 0 Å². The number of anilines is 2. The summed E-state index contributed by atoms with van der Waals surface area (Å²) in [6, 6.07) is 7.71. The number of imidazole rings is 1. The van der Waals surface area contributed by atoms with Crippen molar-refractivity contribution in [2.24, 2.45) is 0 Å². The molecule has 2 amide bonds. The third-order valence-electron chi connectivity index (χ3n) is 6.04. The van der Waals surface area contributed by atoms with E-state index in [0.29, 0.717) is 37.0 Å². The number of amides is 2. The number of nitrogens with one attached hydrogen (secondary N) is 2. The number of nitrogens with zero attached hydrogens (tertiary/aromatic N) is 5. The molecule has 1 fully saturated rings. The van der Waals surface area contributed by atoms with E-state index in [1.54, 1.807) is 35.8 Å². The molecule has 1 aliphatic heterocycles. The fraction of sp³-hybridized carbons (Fsp3) is 0.240. The molecule has 1 aromatic carbocycles. The van der Waals surface area contributed by atoms with Crippen LogP contribution >= 0.6 is 11.3 Å². The van der Waals surface area contributed by atoms with E-state index in [1.165, 1.54) is 29.5 Å². The molecule has 1 aliphatic rings. The van der Waals surface area contributed by atoms with Gasteiger partial charge in [-0.3, -0.25) is 9.59 Å². The van der Waals surface area contributed by atoms with Gasteiger partial charge in [-0.2, -0.15) is 0 Å². The molecule has 4 heterocycles. The zero-order chi connectivity index (χ0) is 25.1. The number of hydrogen-bond acceptors (Lipinski definition) is 7. The van der Waals surface area contributed by atoms with E-state index in [4.69, 9.17) is 0 Å². The van der Waals surface area contributed by atoms with Crippen molar-refractivity contribution in [1.29, 1.82) is 0 Å². The smallest absolute Gasteiger partial charge is 0.246 e. The van der Waals surface area contributed by atoms with Crippen LogP contribution in [-0.4, -0.2) is 55.4 Å². The molecule has 36 heavy (non-hydrogen) atoms. The topological polar surface area (TPSA) is 105 Å². The van der Waals surface area contributed by atoms with Gasteiger partial charge in [0.05, 0.1) is 22.9 Å².